The predicted molar refractivity (Wildman–Crippen MR) is 136 cm³/mol. The molecule has 37 heavy (non-hydrogen) atoms. The Labute approximate surface area is 216 Å². The number of sulfonamides is 1. The molecule has 11 heteroatoms. The lowest BCUT2D eigenvalue weighted by Gasteiger charge is -2.26. The summed E-state index contributed by atoms with van der Waals surface area (Å²) in [6.07, 6.45) is 2.47. The fraction of sp³-hybridized carbons (Fsp3) is 0.346. The topological polar surface area (TPSA) is 122 Å². The number of hydrogen-bond donors (Lipinski definition) is 2. The van der Waals surface area contributed by atoms with Crippen molar-refractivity contribution in [1.82, 2.24) is 14.7 Å². The van der Waals surface area contributed by atoms with Gasteiger partial charge in [0.05, 0.1) is 30.9 Å². The molecule has 1 fully saturated rings. The Morgan fingerprint density at radius 2 is 1.62 bits per heavy atom. The van der Waals surface area contributed by atoms with Gasteiger partial charge in [-0.1, -0.05) is 24.3 Å². The van der Waals surface area contributed by atoms with E-state index in [1.165, 1.54) is 9.79 Å². The second-order valence-electron chi connectivity index (χ2n) is 8.56. The van der Waals surface area contributed by atoms with Crippen LogP contribution >= 0.6 is 0 Å². The first-order valence-electron chi connectivity index (χ1n) is 12.0. The van der Waals surface area contributed by atoms with Gasteiger partial charge in [-0.25, -0.2) is 13.9 Å². The summed E-state index contributed by atoms with van der Waals surface area (Å²) in [5.41, 5.74) is 4.31. The van der Waals surface area contributed by atoms with Crippen LogP contribution in [0.2, 0.25) is 0 Å². The van der Waals surface area contributed by atoms with Crippen LogP contribution in [-0.2, 0) is 32.5 Å². The van der Waals surface area contributed by atoms with E-state index in [9.17, 15) is 8.42 Å². The smallest absolute Gasteiger partial charge is 0.243 e. The van der Waals surface area contributed by atoms with Crippen LogP contribution in [0.4, 0.5) is 0 Å². The van der Waals surface area contributed by atoms with Gasteiger partial charge in [0.15, 0.2) is 0 Å². The molecule has 0 bridgehead atoms. The number of morpholine rings is 1. The zero-order valence-corrected chi connectivity index (χ0v) is 21.2. The van der Waals surface area contributed by atoms with Gasteiger partial charge in [0, 0.05) is 26.2 Å². The number of nitrogens with one attached hydrogen (secondary N) is 1. The van der Waals surface area contributed by atoms with Crippen molar-refractivity contribution in [3.8, 4) is 16.9 Å². The number of amides is 1. The molecule has 3 heterocycles. The van der Waals surface area contributed by atoms with Gasteiger partial charge in [-0.2, -0.15) is 4.31 Å². The molecule has 2 aliphatic rings. The molecule has 1 aromatic heterocycles. The Hall–Kier alpha value is -3.22. The lowest BCUT2D eigenvalue weighted by atomic mass is 10.1. The fourth-order valence-corrected chi connectivity index (χ4v) is 5.64. The highest BCUT2D eigenvalue weighted by molar-refractivity contribution is 7.89. The van der Waals surface area contributed by atoms with Crippen molar-refractivity contribution in [3.63, 3.8) is 0 Å². The van der Waals surface area contributed by atoms with Crippen LogP contribution in [0.5, 0.6) is 5.75 Å². The molecule has 0 radical (unpaired) electrons. The number of hydrogen-bond acceptors (Lipinski definition) is 8. The molecular formula is C26H31N3O7S. The third kappa shape index (κ3) is 6.96. The molecule has 2 N–H and O–H groups in total. The highest BCUT2D eigenvalue weighted by atomic mass is 32.2. The molecule has 0 aliphatic carbocycles. The molecule has 2 aliphatic heterocycles. The first kappa shape index (κ1) is 26.8. The summed E-state index contributed by atoms with van der Waals surface area (Å²) in [6.45, 7) is 5.75. The van der Waals surface area contributed by atoms with Gasteiger partial charge in [0.2, 0.25) is 16.4 Å². The van der Waals surface area contributed by atoms with E-state index < -0.39 is 10.0 Å². The lowest BCUT2D eigenvalue weighted by molar-refractivity contribution is -0.116. The van der Waals surface area contributed by atoms with Gasteiger partial charge in [0.25, 0.3) is 0 Å². The third-order valence-corrected chi connectivity index (χ3v) is 8.16. The van der Waals surface area contributed by atoms with E-state index >= 15 is 0 Å². The quantitative estimate of drug-likeness (QED) is 0.259. The average Bonchev–Trinajstić information content (AvgIpc) is 3.42. The van der Waals surface area contributed by atoms with Crippen LogP contribution in [0.3, 0.4) is 0 Å². The Morgan fingerprint density at radius 1 is 0.973 bits per heavy atom. The number of fused-ring (bicyclic) bond motifs is 1. The second kappa shape index (κ2) is 12.8. The number of rotatable bonds is 8. The van der Waals surface area contributed by atoms with Crippen LogP contribution in [0.25, 0.3) is 11.1 Å². The van der Waals surface area contributed by atoms with Gasteiger partial charge in [-0.3, -0.25) is 14.9 Å². The summed E-state index contributed by atoms with van der Waals surface area (Å²) in [5, 5.41) is 7.26. The zero-order chi connectivity index (χ0) is 26.1. The number of carbonyl (C=O) groups is 1. The molecule has 0 saturated carbocycles. The second-order valence-corrected chi connectivity index (χ2v) is 10.5. The molecule has 2 aromatic carbocycles. The minimum atomic E-state index is -3.57. The standard InChI is InChI=1S/C25H28N2O5S.CH3NO2/c28-33(29,27-11-9-22-10-15-32-25(22)19-27)24-7-3-21(4-8-24)20-1-5-23(6-2-20)31-18-14-26-12-16-30-17-13-26;3-1-2-4/h1-8,10,15H,9,11-14,16-19H2;1,4H,(H,2,3). The molecule has 0 atom stereocenters. The number of carbonyl (C=O) groups excluding carboxylic acids is 1. The Bertz CT molecular complexity index is 1240. The summed E-state index contributed by atoms with van der Waals surface area (Å²) >= 11 is 0. The van der Waals surface area contributed by atoms with E-state index in [1.54, 1.807) is 18.4 Å². The fourth-order valence-electron chi connectivity index (χ4n) is 4.25. The summed E-state index contributed by atoms with van der Waals surface area (Å²) in [4.78, 5) is 11.4. The highest BCUT2D eigenvalue weighted by Crippen LogP contribution is 2.28. The van der Waals surface area contributed by atoms with Gasteiger partial charge < -0.3 is 13.9 Å². The molecule has 10 nitrogen and oxygen atoms in total. The SMILES string of the molecule is O=CNO.O=S(=O)(c1ccc(-c2ccc(OCCN3CCOCC3)cc2)cc1)N1CCc2ccoc2C1. The number of furan rings is 1. The first-order valence-corrected chi connectivity index (χ1v) is 13.5. The monoisotopic (exact) mass is 529 g/mol. The van der Waals surface area contributed by atoms with Crippen molar-refractivity contribution in [2.45, 2.75) is 17.9 Å². The van der Waals surface area contributed by atoms with E-state index in [2.05, 4.69) is 4.90 Å². The number of hydroxylamine groups is 1. The minimum absolute atomic E-state index is 0.181. The lowest BCUT2D eigenvalue weighted by Crippen LogP contribution is -2.38. The Balaban J connectivity index is 0.000000747. The highest BCUT2D eigenvalue weighted by Gasteiger charge is 2.29. The Morgan fingerprint density at radius 3 is 2.27 bits per heavy atom. The third-order valence-electron chi connectivity index (χ3n) is 6.30. The minimum Gasteiger partial charge on any atom is -0.492 e. The molecule has 198 valence electrons. The first-order chi connectivity index (χ1) is 18.0. The predicted octanol–water partition coefficient (Wildman–Crippen LogP) is 2.53. The maximum absolute atomic E-state index is 13.1. The van der Waals surface area contributed by atoms with Crippen molar-refractivity contribution in [2.24, 2.45) is 0 Å². The van der Waals surface area contributed by atoms with Crippen LogP contribution < -0.4 is 10.2 Å². The van der Waals surface area contributed by atoms with E-state index in [4.69, 9.17) is 23.9 Å². The molecule has 1 saturated heterocycles. The normalized spacial score (nSPS) is 16.2. The molecule has 5 rings (SSSR count). The van der Waals surface area contributed by atoms with Gasteiger partial charge in [-0.15, -0.1) is 0 Å². The van der Waals surface area contributed by atoms with Crippen LogP contribution in [0.1, 0.15) is 11.3 Å². The zero-order valence-electron chi connectivity index (χ0n) is 20.4. The van der Waals surface area contributed by atoms with E-state index in [-0.39, 0.29) is 13.0 Å². The molecular weight excluding hydrogens is 498 g/mol. The van der Waals surface area contributed by atoms with Crippen molar-refractivity contribution in [3.05, 3.63) is 72.2 Å². The van der Waals surface area contributed by atoms with Crippen LogP contribution in [-0.4, -0.2) is 75.2 Å². The number of benzene rings is 2. The summed E-state index contributed by atoms with van der Waals surface area (Å²) in [6, 6.07) is 16.9. The summed E-state index contributed by atoms with van der Waals surface area (Å²) < 4.78 is 44.3. The van der Waals surface area contributed by atoms with Gasteiger partial charge in [0.1, 0.15) is 18.1 Å². The number of nitrogens with zero attached hydrogens (tertiary/aromatic N) is 2. The van der Waals surface area contributed by atoms with E-state index in [1.807, 2.05) is 42.5 Å². The average molecular weight is 530 g/mol. The molecule has 3 aromatic rings. The van der Waals surface area contributed by atoms with Gasteiger partial charge >= 0.3 is 0 Å². The van der Waals surface area contributed by atoms with Crippen molar-refractivity contribution >= 4 is 16.4 Å². The summed E-state index contributed by atoms with van der Waals surface area (Å²) in [5.74, 6) is 1.56. The van der Waals surface area contributed by atoms with Gasteiger partial charge in [-0.05, 0) is 53.4 Å². The molecule has 0 unspecified atom stereocenters. The number of ether oxygens (including phenoxy) is 2. The van der Waals surface area contributed by atoms with Crippen molar-refractivity contribution in [1.29, 1.82) is 0 Å². The maximum Gasteiger partial charge on any atom is 0.243 e. The molecule has 0 spiro atoms. The van der Waals surface area contributed by atoms with E-state index in [0.29, 0.717) is 24.5 Å². The van der Waals surface area contributed by atoms with Crippen LogP contribution in [0, 0.1) is 0 Å². The van der Waals surface area contributed by atoms with Crippen molar-refractivity contribution < 1.29 is 32.3 Å². The summed E-state index contributed by atoms with van der Waals surface area (Å²) in [7, 11) is -3.57. The maximum atomic E-state index is 13.1. The Kier molecular flexibility index (Phi) is 9.31. The van der Waals surface area contributed by atoms with E-state index in [0.717, 1.165) is 61.0 Å². The largest absolute Gasteiger partial charge is 0.492 e. The van der Waals surface area contributed by atoms with Crippen molar-refractivity contribution in [2.75, 3.05) is 46.0 Å². The van der Waals surface area contributed by atoms with Crippen LogP contribution in [0.15, 0.2) is 70.2 Å². The molecule has 1 amide bonds.